The third kappa shape index (κ3) is 4.96. The van der Waals surface area contributed by atoms with Gasteiger partial charge in [0.25, 0.3) is 5.56 Å². The first-order valence-corrected chi connectivity index (χ1v) is 9.73. The van der Waals surface area contributed by atoms with Crippen LogP contribution in [0.15, 0.2) is 47.4 Å². The molecule has 0 bridgehead atoms. The maximum atomic E-state index is 12.4. The molecule has 0 aliphatic carbocycles. The molecule has 1 unspecified atom stereocenters. The summed E-state index contributed by atoms with van der Waals surface area (Å²) in [6, 6.07) is 11.7. The van der Waals surface area contributed by atoms with Gasteiger partial charge in [-0.05, 0) is 24.8 Å². The lowest BCUT2D eigenvalue weighted by Gasteiger charge is -2.34. The highest BCUT2D eigenvalue weighted by Crippen LogP contribution is 2.18. The van der Waals surface area contributed by atoms with Gasteiger partial charge in [-0.25, -0.2) is 4.68 Å². The van der Waals surface area contributed by atoms with Gasteiger partial charge in [0.1, 0.15) is 0 Å². The van der Waals surface area contributed by atoms with E-state index in [1.807, 2.05) is 44.2 Å². The van der Waals surface area contributed by atoms with Gasteiger partial charge in [-0.3, -0.25) is 9.59 Å². The van der Waals surface area contributed by atoms with Gasteiger partial charge >= 0.3 is 0 Å². The van der Waals surface area contributed by atoms with Crippen LogP contribution in [0.4, 0.5) is 5.69 Å². The molecule has 0 saturated carbocycles. The van der Waals surface area contributed by atoms with E-state index in [1.165, 1.54) is 4.68 Å². The number of aromatic nitrogens is 2. The van der Waals surface area contributed by atoms with Gasteiger partial charge in [0, 0.05) is 31.1 Å². The van der Waals surface area contributed by atoms with Crippen molar-refractivity contribution in [1.29, 1.82) is 0 Å². The van der Waals surface area contributed by atoms with Gasteiger partial charge in [0.2, 0.25) is 5.91 Å². The van der Waals surface area contributed by atoms with E-state index in [4.69, 9.17) is 0 Å². The van der Waals surface area contributed by atoms with Gasteiger partial charge in [-0.1, -0.05) is 44.2 Å². The summed E-state index contributed by atoms with van der Waals surface area (Å²) in [6.45, 7) is 6.09. The van der Waals surface area contributed by atoms with Crippen LogP contribution in [0.5, 0.6) is 0 Å². The second-order valence-electron chi connectivity index (χ2n) is 7.27. The Morgan fingerprint density at radius 3 is 2.59 bits per heavy atom. The fraction of sp³-hybridized carbons (Fsp3) is 0.476. The fourth-order valence-corrected chi connectivity index (χ4v) is 3.28. The van der Waals surface area contributed by atoms with Gasteiger partial charge in [-0.15, -0.1) is 0 Å². The Morgan fingerprint density at radius 1 is 1.26 bits per heavy atom. The molecule has 6 heteroatoms. The van der Waals surface area contributed by atoms with E-state index in [1.54, 1.807) is 12.3 Å². The molecule has 1 aliphatic heterocycles. The summed E-state index contributed by atoms with van der Waals surface area (Å²) in [6.07, 6.45) is 4.39. The van der Waals surface area contributed by atoms with Crippen LogP contribution in [0.25, 0.3) is 0 Å². The highest BCUT2D eigenvalue weighted by atomic mass is 16.2. The summed E-state index contributed by atoms with van der Waals surface area (Å²) in [4.78, 5) is 26.6. The minimum Gasteiger partial charge on any atom is -0.370 e. The molecule has 1 aliphatic rings. The van der Waals surface area contributed by atoms with E-state index >= 15 is 0 Å². The van der Waals surface area contributed by atoms with Crippen LogP contribution in [0.2, 0.25) is 0 Å². The lowest BCUT2D eigenvalue weighted by atomic mass is 10.0. The van der Waals surface area contributed by atoms with Crippen LogP contribution in [0.1, 0.15) is 38.7 Å². The number of hydrogen-bond acceptors (Lipinski definition) is 4. The number of nitrogens with one attached hydrogen (secondary N) is 1. The third-order valence-electron chi connectivity index (χ3n) is 5.30. The molecule has 1 aromatic carbocycles. The van der Waals surface area contributed by atoms with Gasteiger partial charge < -0.3 is 10.2 Å². The normalized spacial score (nSPS) is 16.1. The largest absolute Gasteiger partial charge is 0.370 e. The Hall–Kier alpha value is -2.63. The molecule has 1 N–H and O–H groups in total. The number of benzene rings is 1. The Kier molecular flexibility index (Phi) is 6.27. The molecule has 2 aromatic rings. The molecule has 1 fully saturated rings. The molecule has 1 aromatic heterocycles. The van der Waals surface area contributed by atoms with Crippen molar-refractivity contribution in [2.24, 2.45) is 5.92 Å². The number of carbonyl (C=O) groups is 1. The summed E-state index contributed by atoms with van der Waals surface area (Å²) < 4.78 is 1.48. The third-order valence-corrected chi connectivity index (χ3v) is 5.30. The lowest BCUT2D eigenvalue weighted by Crippen LogP contribution is -2.46. The van der Waals surface area contributed by atoms with Crippen molar-refractivity contribution in [1.82, 2.24) is 15.1 Å². The summed E-state index contributed by atoms with van der Waals surface area (Å²) in [7, 11) is 0. The average Bonchev–Trinajstić information content (AvgIpc) is 2.70. The van der Waals surface area contributed by atoms with Crippen molar-refractivity contribution in [2.75, 3.05) is 18.0 Å². The summed E-state index contributed by atoms with van der Waals surface area (Å²) in [5.41, 5.74) is 1.82. The van der Waals surface area contributed by atoms with E-state index in [-0.39, 0.29) is 23.4 Å². The van der Waals surface area contributed by atoms with Crippen molar-refractivity contribution < 1.29 is 4.79 Å². The molecule has 2 heterocycles. The van der Waals surface area contributed by atoms with E-state index in [9.17, 15) is 9.59 Å². The number of piperidine rings is 1. The fourth-order valence-electron chi connectivity index (χ4n) is 3.28. The zero-order valence-electron chi connectivity index (χ0n) is 16.1. The van der Waals surface area contributed by atoms with Gasteiger partial charge in [-0.2, -0.15) is 5.10 Å². The van der Waals surface area contributed by atoms with Crippen molar-refractivity contribution in [2.45, 2.75) is 45.7 Å². The minimum absolute atomic E-state index is 0.0597. The zero-order chi connectivity index (χ0) is 19.2. The Morgan fingerprint density at radius 2 is 1.96 bits per heavy atom. The molecule has 6 nitrogen and oxygen atoms in total. The highest BCUT2D eigenvalue weighted by Gasteiger charge is 2.23. The number of amides is 1. The van der Waals surface area contributed by atoms with E-state index in [0.717, 1.165) is 43.6 Å². The number of carbonyl (C=O) groups excluding carboxylic acids is 1. The van der Waals surface area contributed by atoms with Crippen molar-refractivity contribution in [3.63, 3.8) is 0 Å². The molecule has 1 saturated heterocycles. The van der Waals surface area contributed by atoms with E-state index < -0.39 is 0 Å². The van der Waals surface area contributed by atoms with Gasteiger partial charge in [0.05, 0.1) is 18.4 Å². The number of hydrogen-bond donors (Lipinski definition) is 1. The molecule has 27 heavy (non-hydrogen) atoms. The predicted molar refractivity (Wildman–Crippen MR) is 107 cm³/mol. The predicted octanol–water partition coefficient (Wildman–Crippen LogP) is 2.42. The number of rotatable bonds is 6. The summed E-state index contributed by atoms with van der Waals surface area (Å²) in [5, 5.41) is 7.49. The smallest absolute Gasteiger partial charge is 0.269 e. The van der Waals surface area contributed by atoms with Crippen LogP contribution in [-0.2, 0) is 11.3 Å². The van der Waals surface area contributed by atoms with Crippen LogP contribution in [0, 0.1) is 5.92 Å². The van der Waals surface area contributed by atoms with Crippen LogP contribution < -0.4 is 15.8 Å². The molecule has 144 valence electrons. The topological polar surface area (TPSA) is 67.2 Å². The van der Waals surface area contributed by atoms with Crippen molar-refractivity contribution >= 4 is 11.6 Å². The number of anilines is 1. The van der Waals surface area contributed by atoms with Crippen LogP contribution in [-0.4, -0.2) is 34.8 Å². The summed E-state index contributed by atoms with van der Waals surface area (Å²) >= 11 is 0. The first-order chi connectivity index (χ1) is 13.1. The molecule has 1 atom stereocenters. The maximum absolute atomic E-state index is 12.4. The average molecular weight is 368 g/mol. The summed E-state index contributed by atoms with van der Waals surface area (Å²) in [5.74, 6) is 0.200. The zero-order valence-corrected chi connectivity index (χ0v) is 16.1. The second-order valence-corrected chi connectivity index (χ2v) is 7.27. The van der Waals surface area contributed by atoms with Gasteiger partial charge in [0.15, 0.2) is 0 Å². The monoisotopic (exact) mass is 368 g/mol. The minimum atomic E-state index is -0.0939. The van der Waals surface area contributed by atoms with E-state index in [2.05, 4.69) is 15.3 Å². The Bertz CT molecular complexity index is 810. The molecule has 0 spiro atoms. The molecule has 1 amide bonds. The van der Waals surface area contributed by atoms with E-state index in [0.29, 0.717) is 6.54 Å². The maximum Gasteiger partial charge on any atom is 0.269 e. The Balaban J connectivity index is 1.58. The molecular formula is C21H28N4O2. The second kappa shape index (κ2) is 8.84. The molecule has 0 radical (unpaired) electrons. The lowest BCUT2D eigenvalue weighted by molar-refractivity contribution is -0.125. The number of nitrogens with zero attached hydrogens (tertiary/aromatic N) is 3. The van der Waals surface area contributed by atoms with Crippen LogP contribution >= 0.6 is 0 Å². The van der Waals surface area contributed by atoms with Crippen molar-refractivity contribution in [3.05, 3.63) is 58.5 Å². The highest BCUT2D eigenvalue weighted by molar-refractivity contribution is 5.78. The van der Waals surface area contributed by atoms with Crippen molar-refractivity contribution in [3.8, 4) is 0 Å². The van der Waals surface area contributed by atoms with Crippen LogP contribution in [0.3, 0.4) is 0 Å². The standard InChI is InChI=1S/C21H28N4O2/c1-3-16(2)21(27)23-18-9-11-24(12-10-18)19-13-20(26)25(22-14-19)15-17-7-5-4-6-8-17/h4-8,13-14,16,18H,3,9-12,15H2,1-2H3,(H,23,27). The quantitative estimate of drug-likeness (QED) is 0.850. The Labute approximate surface area is 160 Å². The SMILES string of the molecule is CCC(C)C(=O)NC1CCN(c2cnn(Cc3ccccc3)c(=O)c2)CC1. The first kappa shape index (κ1) is 19.1. The first-order valence-electron chi connectivity index (χ1n) is 9.73. The molecule has 3 rings (SSSR count). The molecular weight excluding hydrogens is 340 g/mol.